The number of hydrogen-bond donors (Lipinski definition) is 2. The number of nitrogens with two attached hydrogens (primary N) is 1. The van der Waals surface area contributed by atoms with Gasteiger partial charge in [-0.15, -0.1) is 24.0 Å². The van der Waals surface area contributed by atoms with E-state index in [0.717, 1.165) is 11.5 Å². The maximum absolute atomic E-state index is 5.81. The van der Waals surface area contributed by atoms with Gasteiger partial charge >= 0.3 is 0 Å². The summed E-state index contributed by atoms with van der Waals surface area (Å²) in [4.78, 5) is 4.28. The summed E-state index contributed by atoms with van der Waals surface area (Å²) in [7, 11) is 1.63. The number of halogens is 1. The molecule has 0 saturated heterocycles. The first-order chi connectivity index (χ1) is 9.30. The van der Waals surface area contributed by atoms with Crippen molar-refractivity contribution >= 4 is 29.9 Å². The molecule has 0 aromatic heterocycles. The number of hydrogen-bond acceptors (Lipinski definition) is 3. The number of nitrogens with zero attached hydrogens (tertiary/aromatic N) is 1. The Balaban J connectivity index is 0.00000400. The minimum Gasteiger partial charge on any atom is -0.497 e. The molecule has 1 unspecified atom stereocenters. The van der Waals surface area contributed by atoms with Gasteiger partial charge in [-0.2, -0.15) is 0 Å². The Kier molecular flexibility index (Phi) is 8.46. The van der Waals surface area contributed by atoms with Gasteiger partial charge in [0, 0.05) is 11.6 Å². The SMILES string of the molecule is COc1cccc(OC(C)CN=C(N)NC(C)(C)C)c1.I. The second-order valence-electron chi connectivity index (χ2n) is 5.71. The van der Waals surface area contributed by atoms with Crippen molar-refractivity contribution in [2.24, 2.45) is 10.7 Å². The van der Waals surface area contributed by atoms with Crippen LogP contribution in [0.4, 0.5) is 0 Å². The van der Waals surface area contributed by atoms with Gasteiger partial charge in [-0.05, 0) is 39.8 Å². The summed E-state index contributed by atoms with van der Waals surface area (Å²) < 4.78 is 10.9. The summed E-state index contributed by atoms with van der Waals surface area (Å²) in [5.74, 6) is 1.96. The fraction of sp³-hybridized carbons (Fsp3) is 0.533. The van der Waals surface area contributed by atoms with E-state index in [-0.39, 0.29) is 35.6 Å². The maximum Gasteiger partial charge on any atom is 0.189 e. The van der Waals surface area contributed by atoms with Crippen LogP contribution < -0.4 is 20.5 Å². The smallest absolute Gasteiger partial charge is 0.189 e. The highest BCUT2D eigenvalue weighted by Gasteiger charge is 2.10. The van der Waals surface area contributed by atoms with Crippen LogP contribution in [0.15, 0.2) is 29.3 Å². The molecule has 1 rings (SSSR count). The van der Waals surface area contributed by atoms with Crippen molar-refractivity contribution in [3.8, 4) is 11.5 Å². The Hall–Kier alpha value is -1.18. The minimum atomic E-state index is -0.0928. The molecule has 0 radical (unpaired) electrons. The molecule has 0 aliphatic heterocycles. The molecular formula is C15H26IN3O2. The zero-order valence-electron chi connectivity index (χ0n) is 13.3. The maximum atomic E-state index is 5.81. The number of methoxy groups -OCH3 is 1. The summed E-state index contributed by atoms with van der Waals surface area (Å²) in [5, 5.41) is 3.11. The Morgan fingerprint density at radius 3 is 2.52 bits per heavy atom. The highest BCUT2D eigenvalue weighted by atomic mass is 127. The van der Waals surface area contributed by atoms with Crippen LogP contribution in [0.2, 0.25) is 0 Å². The number of nitrogens with one attached hydrogen (secondary N) is 1. The highest BCUT2D eigenvalue weighted by Crippen LogP contribution is 2.19. The first-order valence-electron chi connectivity index (χ1n) is 6.69. The topological polar surface area (TPSA) is 68.9 Å². The normalized spacial score (nSPS) is 13.1. The molecule has 0 aliphatic carbocycles. The molecule has 0 bridgehead atoms. The first kappa shape index (κ1) is 19.8. The van der Waals surface area contributed by atoms with Crippen molar-refractivity contribution < 1.29 is 9.47 Å². The second-order valence-corrected chi connectivity index (χ2v) is 5.71. The lowest BCUT2D eigenvalue weighted by molar-refractivity contribution is 0.229. The summed E-state index contributed by atoms with van der Waals surface area (Å²) in [6, 6.07) is 7.50. The largest absolute Gasteiger partial charge is 0.497 e. The molecule has 21 heavy (non-hydrogen) atoms. The summed E-state index contributed by atoms with van der Waals surface area (Å²) in [6.07, 6.45) is -0.0672. The number of guanidine groups is 1. The quantitative estimate of drug-likeness (QED) is 0.448. The van der Waals surface area contributed by atoms with E-state index in [1.165, 1.54) is 0 Å². The zero-order chi connectivity index (χ0) is 15.2. The Morgan fingerprint density at radius 2 is 1.95 bits per heavy atom. The van der Waals surface area contributed by atoms with E-state index in [9.17, 15) is 0 Å². The fourth-order valence-corrected chi connectivity index (χ4v) is 1.59. The Bertz CT molecular complexity index is 458. The van der Waals surface area contributed by atoms with E-state index in [4.69, 9.17) is 15.2 Å². The van der Waals surface area contributed by atoms with Crippen LogP contribution in [0, 0.1) is 0 Å². The molecule has 0 heterocycles. The lowest BCUT2D eigenvalue weighted by Crippen LogP contribution is -2.45. The molecule has 0 aliphatic rings. The molecular weight excluding hydrogens is 381 g/mol. The molecule has 1 aromatic carbocycles. The van der Waals surface area contributed by atoms with Crippen LogP contribution in [0.3, 0.4) is 0 Å². The van der Waals surface area contributed by atoms with Gasteiger partial charge in [0.15, 0.2) is 5.96 Å². The Morgan fingerprint density at radius 1 is 1.33 bits per heavy atom. The van der Waals surface area contributed by atoms with E-state index in [2.05, 4.69) is 10.3 Å². The van der Waals surface area contributed by atoms with Crippen LogP contribution >= 0.6 is 24.0 Å². The Labute approximate surface area is 144 Å². The predicted octanol–water partition coefficient (Wildman–Crippen LogP) is 2.78. The van der Waals surface area contributed by atoms with E-state index in [0.29, 0.717) is 12.5 Å². The predicted molar refractivity (Wildman–Crippen MR) is 97.9 cm³/mol. The van der Waals surface area contributed by atoms with Gasteiger partial charge in [-0.3, -0.25) is 0 Å². The van der Waals surface area contributed by atoms with Gasteiger partial charge in [0.1, 0.15) is 17.6 Å². The molecule has 1 aromatic rings. The van der Waals surface area contributed by atoms with Gasteiger partial charge in [0.2, 0.25) is 0 Å². The first-order valence-corrected chi connectivity index (χ1v) is 6.69. The molecule has 5 nitrogen and oxygen atoms in total. The van der Waals surface area contributed by atoms with Crippen molar-refractivity contribution in [3.05, 3.63) is 24.3 Å². The minimum absolute atomic E-state index is 0. The van der Waals surface area contributed by atoms with Crippen LogP contribution in [0.5, 0.6) is 11.5 Å². The van der Waals surface area contributed by atoms with Crippen molar-refractivity contribution in [1.29, 1.82) is 0 Å². The van der Waals surface area contributed by atoms with Gasteiger partial charge in [-0.25, -0.2) is 4.99 Å². The van der Waals surface area contributed by atoms with Crippen molar-refractivity contribution in [2.75, 3.05) is 13.7 Å². The van der Waals surface area contributed by atoms with Crippen LogP contribution in [-0.2, 0) is 0 Å². The number of ether oxygens (including phenoxy) is 2. The lowest BCUT2D eigenvalue weighted by Gasteiger charge is -2.21. The summed E-state index contributed by atoms with van der Waals surface area (Å²) in [5.41, 5.74) is 5.72. The zero-order valence-corrected chi connectivity index (χ0v) is 15.7. The molecule has 3 N–H and O–H groups in total. The van der Waals surface area contributed by atoms with Crippen LogP contribution in [0.1, 0.15) is 27.7 Å². The van der Waals surface area contributed by atoms with Gasteiger partial charge in [0.05, 0.1) is 13.7 Å². The third-order valence-corrected chi connectivity index (χ3v) is 2.40. The van der Waals surface area contributed by atoms with Gasteiger partial charge in [0.25, 0.3) is 0 Å². The second kappa shape index (κ2) is 8.96. The van der Waals surface area contributed by atoms with Crippen molar-refractivity contribution in [1.82, 2.24) is 5.32 Å². The molecule has 0 saturated carbocycles. The monoisotopic (exact) mass is 407 g/mol. The van der Waals surface area contributed by atoms with E-state index in [1.54, 1.807) is 7.11 Å². The third kappa shape index (κ3) is 8.64. The number of benzene rings is 1. The fourth-order valence-electron chi connectivity index (χ4n) is 1.59. The number of aliphatic imine (C=N–C) groups is 1. The average Bonchev–Trinajstić information content (AvgIpc) is 2.34. The molecule has 0 amide bonds. The molecule has 0 spiro atoms. The van der Waals surface area contributed by atoms with E-state index in [1.807, 2.05) is 52.0 Å². The van der Waals surface area contributed by atoms with Crippen LogP contribution in [0.25, 0.3) is 0 Å². The van der Waals surface area contributed by atoms with Crippen molar-refractivity contribution in [2.45, 2.75) is 39.3 Å². The highest BCUT2D eigenvalue weighted by molar-refractivity contribution is 14.0. The number of rotatable bonds is 5. The molecule has 1 atom stereocenters. The van der Waals surface area contributed by atoms with Gasteiger partial charge in [-0.1, -0.05) is 6.07 Å². The lowest BCUT2D eigenvalue weighted by atomic mass is 10.1. The molecule has 0 fully saturated rings. The summed E-state index contributed by atoms with van der Waals surface area (Å²) >= 11 is 0. The van der Waals surface area contributed by atoms with E-state index >= 15 is 0 Å². The average molecular weight is 407 g/mol. The standard InChI is InChI=1S/C15H25N3O2.HI/c1-11(10-17-14(16)18-15(2,3)4)20-13-8-6-7-12(9-13)19-5;/h6-9,11H,10H2,1-5H3,(H3,16,17,18);1H. The van der Waals surface area contributed by atoms with E-state index < -0.39 is 0 Å². The van der Waals surface area contributed by atoms with Gasteiger partial charge < -0.3 is 20.5 Å². The third-order valence-electron chi connectivity index (χ3n) is 2.40. The molecule has 120 valence electrons. The van der Waals surface area contributed by atoms with Crippen LogP contribution in [-0.4, -0.2) is 31.3 Å². The molecule has 6 heteroatoms. The van der Waals surface area contributed by atoms with Crippen molar-refractivity contribution in [3.63, 3.8) is 0 Å². The summed E-state index contributed by atoms with van der Waals surface area (Å²) in [6.45, 7) is 8.54.